The molecule has 0 spiro atoms. The van der Waals surface area contributed by atoms with E-state index >= 15 is 0 Å². The van der Waals surface area contributed by atoms with Gasteiger partial charge < -0.3 is 0 Å². The van der Waals surface area contributed by atoms with Crippen LogP contribution >= 0.6 is 0 Å². The van der Waals surface area contributed by atoms with Crippen LogP contribution in [0, 0.1) is 45.3 Å². The SMILES string of the molecule is CC1C=CC(C)c2cc3c(=C(C#N)C#N)ccc(=C(C#N)C#N)c3cc21. The zero-order chi connectivity index (χ0) is 18.8. The quantitative estimate of drug-likeness (QED) is 0.692. The smallest absolute Gasteiger partial charge is 0.137 e. The van der Waals surface area contributed by atoms with E-state index in [1.165, 1.54) is 0 Å². The minimum Gasteiger partial charge on any atom is -0.192 e. The topological polar surface area (TPSA) is 95.2 Å². The minimum atomic E-state index is 0.0176. The average molecular weight is 334 g/mol. The van der Waals surface area contributed by atoms with E-state index in [2.05, 4.69) is 26.0 Å². The van der Waals surface area contributed by atoms with Gasteiger partial charge in [0.2, 0.25) is 0 Å². The van der Waals surface area contributed by atoms with Crippen molar-refractivity contribution in [3.05, 3.63) is 58.0 Å². The number of nitrogens with zero attached hydrogens (tertiary/aromatic N) is 4. The summed E-state index contributed by atoms with van der Waals surface area (Å²) >= 11 is 0. The number of fused-ring (bicyclic) bond motifs is 2. The standard InChI is InChI=1S/C22H14N4/c1-13-3-4-14(2)20-8-22-18(16(11-25)12-26)6-5-17(15(9-23)10-24)21(22)7-19(13)20/h3-8,13-14H,1-2H3. The van der Waals surface area contributed by atoms with Crippen molar-refractivity contribution >= 4 is 21.9 Å². The normalized spacial score (nSPS) is 17.3. The predicted molar refractivity (Wildman–Crippen MR) is 98.4 cm³/mol. The fourth-order valence-electron chi connectivity index (χ4n) is 3.48. The fourth-order valence-corrected chi connectivity index (χ4v) is 3.48. The Balaban J connectivity index is 2.66. The van der Waals surface area contributed by atoms with Crippen molar-refractivity contribution in [2.45, 2.75) is 25.7 Å². The van der Waals surface area contributed by atoms with Gasteiger partial charge in [0.05, 0.1) is 0 Å². The van der Waals surface area contributed by atoms with Gasteiger partial charge in [0.25, 0.3) is 0 Å². The maximum Gasteiger partial charge on any atom is 0.137 e. The van der Waals surface area contributed by atoms with Gasteiger partial charge in [-0.15, -0.1) is 0 Å². The van der Waals surface area contributed by atoms with Gasteiger partial charge >= 0.3 is 0 Å². The van der Waals surface area contributed by atoms with Gasteiger partial charge in [-0.3, -0.25) is 0 Å². The van der Waals surface area contributed by atoms with E-state index in [-0.39, 0.29) is 23.0 Å². The first-order valence-corrected chi connectivity index (χ1v) is 8.19. The number of allylic oxidation sites excluding steroid dienone is 2. The Bertz CT molecular complexity index is 1120. The molecule has 0 fully saturated rings. The van der Waals surface area contributed by atoms with Gasteiger partial charge in [0.15, 0.2) is 0 Å². The van der Waals surface area contributed by atoms with Crippen molar-refractivity contribution in [2.24, 2.45) is 0 Å². The van der Waals surface area contributed by atoms with Gasteiger partial charge in [-0.05, 0) is 45.9 Å². The first-order chi connectivity index (χ1) is 12.5. The molecule has 2 aromatic rings. The van der Waals surface area contributed by atoms with Crippen LogP contribution in [0.1, 0.15) is 36.8 Å². The summed E-state index contributed by atoms with van der Waals surface area (Å²) in [6, 6.07) is 15.0. The molecule has 0 heterocycles. The second-order valence-corrected chi connectivity index (χ2v) is 6.35. The van der Waals surface area contributed by atoms with Crippen molar-refractivity contribution in [3.63, 3.8) is 0 Å². The van der Waals surface area contributed by atoms with Crippen LogP contribution in [0.4, 0.5) is 0 Å². The number of rotatable bonds is 0. The predicted octanol–water partition coefficient (Wildman–Crippen LogP) is 3.01. The monoisotopic (exact) mass is 334 g/mol. The lowest BCUT2D eigenvalue weighted by atomic mass is 9.81. The molecule has 1 aliphatic rings. The summed E-state index contributed by atoms with van der Waals surface area (Å²) in [7, 11) is 0. The highest BCUT2D eigenvalue weighted by atomic mass is 14.3. The highest BCUT2D eigenvalue weighted by Gasteiger charge is 2.19. The summed E-state index contributed by atoms with van der Waals surface area (Å²) in [5.41, 5.74) is 2.31. The Kier molecular flexibility index (Phi) is 4.29. The number of hydrogen-bond donors (Lipinski definition) is 0. The van der Waals surface area contributed by atoms with E-state index in [1.807, 2.05) is 36.4 Å². The van der Waals surface area contributed by atoms with Crippen LogP contribution in [0.15, 0.2) is 36.4 Å². The van der Waals surface area contributed by atoms with Gasteiger partial charge in [0.1, 0.15) is 35.4 Å². The summed E-state index contributed by atoms with van der Waals surface area (Å²) in [5, 5.41) is 39.7. The lowest BCUT2D eigenvalue weighted by molar-refractivity contribution is 0.835. The third-order valence-electron chi connectivity index (χ3n) is 4.88. The Hall–Kier alpha value is -3.86. The van der Waals surface area contributed by atoms with E-state index in [1.54, 1.807) is 12.1 Å². The Morgan fingerprint density at radius 2 is 1.04 bits per heavy atom. The van der Waals surface area contributed by atoms with E-state index < -0.39 is 0 Å². The van der Waals surface area contributed by atoms with Crippen molar-refractivity contribution in [2.75, 3.05) is 0 Å². The lowest BCUT2D eigenvalue weighted by Gasteiger charge is -2.23. The molecule has 0 amide bonds. The van der Waals surface area contributed by atoms with Crippen molar-refractivity contribution in [1.29, 1.82) is 21.0 Å². The van der Waals surface area contributed by atoms with Gasteiger partial charge in [-0.25, -0.2) is 0 Å². The zero-order valence-corrected chi connectivity index (χ0v) is 14.4. The molecule has 3 rings (SSSR count). The molecule has 4 heteroatoms. The maximum atomic E-state index is 9.31. The molecular formula is C22H14N4. The zero-order valence-electron chi connectivity index (χ0n) is 14.4. The Labute approximate surface area is 151 Å². The molecule has 0 bridgehead atoms. The second-order valence-electron chi connectivity index (χ2n) is 6.35. The molecular weight excluding hydrogens is 320 g/mol. The summed E-state index contributed by atoms with van der Waals surface area (Å²) in [5.74, 6) is 0.426. The maximum absolute atomic E-state index is 9.31. The first-order valence-electron chi connectivity index (χ1n) is 8.19. The summed E-state index contributed by atoms with van der Waals surface area (Å²) in [6.07, 6.45) is 4.29. The van der Waals surface area contributed by atoms with Crippen LogP contribution in [0.5, 0.6) is 0 Å². The largest absolute Gasteiger partial charge is 0.192 e. The van der Waals surface area contributed by atoms with E-state index in [0.717, 1.165) is 21.9 Å². The van der Waals surface area contributed by atoms with Crippen LogP contribution in [0.2, 0.25) is 0 Å². The number of benzene rings is 2. The Morgan fingerprint density at radius 1 is 0.692 bits per heavy atom. The molecule has 0 N–H and O–H groups in total. The van der Waals surface area contributed by atoms with Crippen molar-refractivity contribution in [3.8, 4) is 24.3 Å². The van der Waals surface area contributed by atoms with Gasteiger partial charge in [-0.2, -0.15) is 21.0 Å². The fraction of sp³-hybridized carbons (Fsp3) is 0.182. The molecule has 122 valence electrons. The molecule has 1 aliphatic carbocycles. The molecule has 0 aromatic heterocycles. The van der Waals surface area contributed by atoms with E-state index in [0.29, 0.717) is 10.4 Å². The molecule has 4 nitrogen and oxygen atoms in total. The molecule has 2 unspecified atom stereocenters. The average Bonchev–Trinajstić information content (AvgIpc) is 2.67. The van der Waals surface area contributed by atoms with Crippen LogP contribution in [0.25, 0.3) is 21.9 Å². The third kappa shape index (κ3) is 2.52. The number of nitriles is 4. The molecule has 0 radical (unpaired) electrons. The molecule has 2 atom stereocenters. The first kappa shape index (κ1) is 17.0. The van der Waals surface area contributed by atoms with Crippen LogP contribution in [0.3, 0.4) is 0 Å². The molecule has 0 aliphatic heterocycles. The van der Waals surface area contributed by atoms with E-state index in [4.69, 9.17) is 0 Å². The van der Waals surface area contributed by atoms with Gasteiger partial charge in [-0.1, -0.05) is 38.1 Å². The third-order valence-corrected chi connectivity index (χ3v) is 4.88. The minimum absolute atomic E-state index is 0.0176. The van der Waals surface area contributed by atoms with Crippen LogP contribution in [-0.2, 0) is 0 Å². The van der Waals surface area contributed by atoms with Crippen LogP contribution < -0.4 is 10.4 Å². The van der Waals surface area contributed by atoms with Crippen molar-refractivity contribution in [1.82, 2.24) is 0 Å². The summed E-state index contributed by atoms with van der Waals surface area (Å²) < 4.78 is 0. The highest BCUT2D eigenvalue weighted by Crippen LogP contribution is 2.35. The van der Waals surface area contributed by atoms with Crippen LogP contribution in [-0.4, -0.2) is 0 Å². The molecule has 2 aromatic carbocycles. The molecule has 0 saturated carbocycles. The van der Waals surface area contributed by atoms with Crippen molar-refractivity contribution < 1.29 is 0 Å². The second kappa shape index (κ2) is 6.57. The molecule has 26 heavy (non-hydrogen) atoms. The lowest BCUT2D eigenvalue weighted by Crippen LogP contribution is -2.17. The number of hydrogen-bond acceptors (Lipinski definition) is 4. The van der Waals surface area contributed by atoms with Gasteiger partial charge in [0, 0.05) is 10.4 Å². The Morgan fingerprint density at radius 3 is 1.35 bits per heavy atom. The summed E-state index contributed by atoms with van der Waals surface area (Å²) in [6.45, 7) is 4.19. The summed E-state index contributed by atoms with van der Waals surface area (Å²) in [4.78, 5) is 0. The molecule has 0 saturated heterocycles. The van der Waals surface area contributed by atoms with E-state index in [9.17, 15) is 21.0 Å². The highest BCUT2D eigenvalue weighted by molar-refractivity contribution is 5.93.